The maximum atomic E-state index is 12.9. The summed E-state index contributed by atoms with van der Waals surface area (Å²) in [5.74, 6) is 0.313. The molecule has 0 unspecified atom stereocenters. The first kappa shape index (κ1) is 22.6. The Kier molecular flexibility index (Phi) is 6.22. The second kappa shape index (κ2) is 9.61. The van der Waals surface area contributed by atoms with Crippen LogP contribution in [0.25, 0.3) is 10.8 Å². The Morgan fingerprint density at radius 2 is 1.51 bits per heavy atom. The molecule has 1 aromatic heterocycles. The van der Waals surface area contributed by atoms with E-state index in [1.54, 1.807) is 21.9 Å². The molecule has 0 radical (unpaired) electrons. The number of nitrogens with zero attached hydrogens (tertiary/aromatic N) is 3. The van der Waals surface area contributed by atoms with E-state index in [0.717, 1.165) is 15.7 Å². The topological polar surface area (TPSA) is 100 Å². The zero-order valence-electron chi connectivity index (χ0n) is 19.1. The van der Waals surface area contributed by atoms with Crippen LogP contribution in [0.1, 0.15) is 29.2 Å². The van der Waals surface area contributed by atoms with Crippen molar-refractivity contribution in [2.24, 2.45) is 0 Å². The highest BCUT2D eigenvalue weighted by molar-refractivity contribution is 6.04. The minimum absolute atomic E-state index is 0.160. The molecule has 0 bridgehead atoms. The van der Waals surface area contributed by atoms with Crippen LogP contribution in [0.2, 0.25) is 0 Å². The van der Waals surface area contributed by atoms with E-state index in [1.807, 2.05) is 42.5 Å². The van der Waals surface area contributed by atoms with E-state index in [4.69, 9.17) is 9.15 Å². The molecule has 0 atom stereocenters. The first-order valence-electron chi connectivity index (χ1n) is 11.6. The van der Waals surface area contributed by atoms with Gasteiger partial charge in [0.15, 0.2) is 5.76 Å². The third kappa shape index (κ3) is 4.89. The van der Waals surface area contributed by atoms with Crippen LogP contribution in [-0.2, 0) is 21.0 Å². The van der Waals surface area contributed by atoms with Gasteiger partial charge in [-0.2, -0.15) is 0 Å². The third-order valence-electron chi connectivity index (χ3n) is 6.34. The highest BCUT2D eigenvalue weighted by atomic mass is 16.5. The summed E-state index contributed by atoms with van der Waals surface area (Å²) in [4.78, 5) is 53.1. The van der Waals surface area contributed by atoms with E-state index < -0.39 is 0 Å². The molecule has 5 rings (SSSR count). The summed E-state index contributed by atoms with van der Waals surface area (Å²) < 4.78 is 11.6. The average molecular weight is 476 g/mol. The smallest absolute Gasteiger partial charge is 0.289 e. The van der Waals surface area contributed by atoms with Crippen molar-refractivity contribution in [1.82, 2.24) is 14.7 Å². The van der Waals surface area contributed by atoms with Crippen molar-refractivity contribution in [3.05, 3.63) is 66.1 Å². The molecule has 2 aliphatic heterocycles. The van der Waals surface area contributed by atoms with Gasteiger partial charge in [-0.05, 0) is 35.0 Å². The predicted octanol–water partition coefficient (Wildman–Crippen LogP) is 2.45. The second-order valence-corrected chi connectivity index (χ2v) is 8.61. The summed E-state index contributed by atoms with van der Waals surface area (Å²) in [6.07, 6.45) is 0.319. The molecule has 2 fully saturated rings. The lowest BCUT2D eigenvalue weighted by atomic mass is 10.1. The normalized spacial score (nSPS) is 16.3. The van der Waals surface area contributed by atoms with Gasteiger partial charge in [0.05, 0.1) is 0 Å². The van der Waals surface area contributed by atoms with Crippen LogP contribution in [0.5, 0.6) is 5.75 Å². The number of imide groups is 1. The van der Waals surface area contributed by atoms with Gasteiger partial charge in [0.1, 0.15) is 24.7 Å². The Morgan fingerprint density at radius 3 is 2.26 bits per heavy atom. The average Bonchev–Trinajstić information content (AvgIpc) is 3.49. The van der Waals surface area contributed by atoms with Crippen molar-refractivity contribution in [1.29, 1.82) is 0 Å². The van der Waals surface area contributed by atoms with Crippen LogP contribution in [0, 0.1) is 0 Å². The van der Waals surface area contributed by atoms with Crippen LogP contribution in [0.3, 0.4) is 0 Å². The number of rotatable bonds is 6. The molecule has 2 aliphatic rings. The number of hydrogen-bond donors (Lipinski definition) is 0. The van der Waals surface area contributed by atoms with E-state index >= 15 is 0 Å². The van der Waals surface area contributed by atoms with Crippen LogP contribution in [0.15, 0.2) is 59.0 Å². The van der Waals surface area contributed by atoms with Crippen LogP contribution < -0.4 is 4.74 Å². The Labute approximate surface area is 201 Å². The molecule has 0 aliphatic carbocycles. The van der Waals surface area contributed by atoms with E-state index in [9.17, 15) is 19.2 Å². The van der Waals surface area contributed by atoms with Crippen LogP contribution >= 0.6 is 0 Å². The molecule has 9 heteroatoms. The van der Waals surface area contributed by atoms with Crippen LogP contribution in [-0.4, -0.2) is 71.1 Å². The van der Waals surface area contributed by atoms with Crippen molar-refractivity contribution < 1.29 is 28.3 Å². The number of likely N-dealkylation sites (tertiary alicyclic amines) is 1. The predicted molar refractivity (Wildman–Crippen MR) is 125 cm³/mol. The Bertz CT molecular complexity index is 1270. The number of fused-ring (bicyclic) bond motifs is 1. The van der Waals surface area contributed by atoms with E-state index in [0.29, 0.717) is 37.7 Å². The fraction of sp³-hybridized carbons (Fsp3) is 0.308. The standard InChI is InChI=1S/C26H25N3O6/c30-23-9-10-24(31)29(23)16-25(32)27-11-13-28(14-12-27)26(33)22-8-7-21(35-22)17-34-20-6-5-18-3-1-2-4-19(18)15-20/h1-8,15H,9-14,16-17H2. The molecule has 0 saturated carbocycles. The molecule has 9 nitrogen and oxygen atoms in total. The van der Waals surface area contributed by atoms with Crippen molar-refractivity contribution in [2.45, 2.75) is 19.4 Å². The van der Waals surface area contributed by atoms with Gasteiger partial charge in [-0.1, -0.05) is 30.3 Å². The Balaban J connectivity index is 1.12. The lowest BCUT2D eigenvalue weighted by molar-refractivity contribution is -0.146. The minimum Gasteiger partial charge on any atom is -0.486 e. The summed E-state index contributed by atoms with van der Waals surface area (Å²) >= 11 is 0. The molecule has 3 heterocycles. The first-order chi connectivity index (χ1) is 17.0. The number of ether oxygens (including phenoxy) is 1. The lowest BCUT2D eigenvalue weighted by Gasteiger charge is -2.34. The second-order valence-electron chi connectivity index (χ2n) is 8.61. The van der Waals surface area contributed by atoms with Gasteiger partial charge in [-0.25, -0.2) is 0 Å². The summed E-state index contributed by atoms with van der Waals surface area (Å²) in [6, 6.07) is 17.2. The van der Waals surface area contributed by atoms with Crippen molar-refractivity contribution in [3.8, 4) is 5.75 Å². The number of amides is 4. The van der Waals surface area contributed by atoms with E-state index in [2.05, 4.69) is 0 Å². The van der Waals surface area contributed by atoms with Gasteiger partial charge >= 0.3 is 0 Å². The third-order valence-corrected chi connectivity index (χ3v) is 6.34. The quantitative estimate of drug-likeness (QED) is 0.508. The molecule has 2 aromatic carbocycles. The van der Waals surface area contributed by atoms with Gasteiger partial charge in [0.2, 0.25) is 17.7 Å². The van der Waals surface area contributed by atoms with Gasteiger partial charge < -0.3 is 19.0 Å². The number of benzene rings is 2. The van der Waals surface area contributed by atoms with E-state index in [-0.39, 0.29) is 55.4 Å². The zero-order valence-corrected chi connectivity index (χ0v) is 19.1. The number of hydrogen-bond acceptors (Lipinski definition) is 6. The van der Waals surface area contributed by atoms with E-state index in [1.165, 1.54) is 0 Å². The Morgan fingerprint density at radius 1 is 0.829 bits per heavy atom. The zero-order chi connectivity index (χ0) is 24.4. The maximum absolute atomic E-state index is 12.9. The van der Waals surface area contributed by atoms with Gasteiger partial charge in [-0.15, -0.1) is 0 Å². The number of piperazine rings is 1. The molecule has 3 aromatic rings. The largest absolute Gasteiger partial charge is 0.486 e. The molecule has 35 heavy (non-hydrogen) atoms. The van der Waals surface area contributed by atoms with Crippen molar-refractivity contribution in [3.63, 3.8) is 0 Å². The molecule has 0 N–H and O–H groups in total. The first-order valence-corrected chi connectivity index (χ1v) is 11.6. The van der Waals surface area contributed by atoms with Crippen molar-refractivity contribution >= 4 is 34.4 Å². The van der Waals surface area contributed by atoms with Crippen LogP contribution in [0.4, 0.5) is 0 Å². The number of furan rings is 1. The molecule has 180 valence electrons. The fourth-order valence-corrected chi connectivity index (χ4v) is 4.33. The summed E-state index contributed by atoms with van der Waals surface area (Å²) in [7, 11) is 0. The van der Waals surface area contributed by atoms with Crippen molar-refractivity contribution in [2.75, 3.05) is 32.7 Å². The highest BCUT2D eigenvalue weighted by Crippen LogP contribution is 2.22. The molecule has 0 spiro atoms. The van der Waals surface area contributed by atoms with Gasteiger partial charge in [-0.3, -0.25) is 24.1 Å². The lowest BCUT2D eigenvalue weighted by Crippen LogP contribution is -2.53. The number of carbonyl (C=O) groups is 4. The highest BCUT2D eigenvalue weighted by Gasteiger charge is 2.33. The molecule has 4 amide bonds. The molecular weight excluding hydrogens is 450 g/mol. The van der Waals surface area contributed by atoms with Gasteiger partial charge in [0.25, 0.3) is 5.91 Å². The summed E-state index contributed by atoms with van der Waals surface area (Å²) in [6.45, 7) is 1.32. The van der Waals surface area contributed by atoms with Gasteiger partial charge in [0, 0.05) is 39.0 Å². The number of carbonyl (C=O) groups excluding carboxylic acids is 4. The molecule has 2 saturated heterocycles. The maximum Gasteiger partial charge on any atom is 0.289 e. The monoisotopic (exact) mass is 475 g/mol. The molecular formula is C26H25N3O6. The Hall–Kier alpha value is -4.14. The summed E-state index contributed by atoms with van der Waals surface area (Å²) in [5, 5.41) is 2.21. The fourth-order valence-electron chi connectivity index (χ4n) is 4.33. The summed E-state index contributed by atoms with van der Waals surface area (Å²) in [5.41, 5.74) is 0. The minimum atomic E-state index is -0.310. The SMILES string of the molecule is O=C(CN1C(=O)CCC1=O)N1CCN(C(=O)c2ccc(COc3ccc4ccccc4c3)o2)CC1.